The van der Waals surface area contributed by atoms with Crippen molar-refractivity contribution in [2.75, 3.05) is 5.32 Å². The predicted molar refractivity (Wildman–Crippen MR) is 94.4 cm³/mol. The van der Waals surface area contributed by atoms with Gasteiger partial charge in [-0.2, -0.15) is 4.80 Å². The van der Waals surface area contributed by atoms with Crippen molar-refractivity contribution >= 4 is 11.6 Å². The maximum Gasteiger partial charge on any atom is 0.573 e. The van der Waals surface area contributed by atoms with Crippen molar-refractivity contribution < 1.29 is 22.7 Å². The lowest BCUT2D eigenvalue weighted by atomic mass is 10.1. The largest absolute Gasteiger partial charge is 0.573 e. The zero-order valence-electron chi connectivity index (χ0n) is 14.8. The van der Waals surface area contributed by atoms with Gasteiger partial charge in [-0.25, -0.2) is 0 Å². The molecule has 3 aromatic rings. The van der Waals surface area contributed by atoms with Crippen molar-refractivity contribution in [3.05, 3.63) is 54.1 Å². The third-order valence-electron chi connectivity index (χ3n) is 3.73. The van der Waals surface area contributed by atoms with Crippen LogP contribution < -0.4 is 10.1 Å². The summed E-state index contributed by atoms with van der Waals surface area (Å²) < 4.78 is 40.2. The van der Waals surface area contributed by atoms with E-state index in [9.17, 15) is 18.0 Å². The molecule has 3 rings (SSSR count). The van der Waals surface area contributed by atoms with Gasteiger partial charge in [0.2, 0.25) is 11.7 Å². The molecule has 0 saturated heterocycles. The fourth-order valence-corrected chi connectivity index (χ4v) is 2.38. The lowest BCUT2D eigenvalue weighted by molar-refractivity contribution is -0.274. The molecule has 1 heterocycles. The van der Waals surface area contributed by atoms with E-state index in [0.717, 1.165) is 28.9 Å². The maximum absolute atomic E-state index is 12.1. The second-order valence-corrected chi connectivity index (χ2v) is 5.81. The van der Waals surface area contributed by atoms with Crippen LogP contribution in [-0.2, 0) is 17.8 Å². The number of carbonyl (C=O) groups excluding carboxylic acids is 1. The van der Waals surface area contributed by atoms with E-state index >= 15 is 0 Å². The van der Waals surface area contributed by atoms with E-state index in [1.165, 1.54) is 17.7 Å². The summed E-state index contributed by atoms with van der Waals surface area (Å²) in [6.07, 6.45) is -3.85. The fourth-order valence-electron chi connectivity index (χ4n) is 2.38. The van der Waals surface area contributed by atoms with Crippen molar-refractivity contribution in [3.63, 3.8) is 0 Å². The lowest BCUT2D eigenvalue weighted by Crippen LogP contribution is -2.20. The predicted octanol–water partition coefficient (Wildman–Crippen LogP) is 3.44. The Kier molecular flexibility index (Phi) is 5.57. The molecule has 28 heavy (non-hydrogen) atoms. The zero-order chi connectivity index (χ0) is 20.1. The molecule has 146 valence electrons. The molecule has 7 nitrogen and oxygen atoms in total. The minimum Gasteiger partial charge on any atom is -0.406 e. The van der Waals surface area contributed by atoms with Crippen molar-refractivity contribution in [1.29, 1.82) is 0 Å². The molecule has 1 N–H and O–H groups in total. The number of nitrogens with zero attached hydrogens (tertiary/aromatic N) is 4. The maximum atomic E-state index is 12.1. The first-order valence-electron chi connectivity index (χ1n) is 8.35. The number of amides is 1. The second kappa shape index (κ2) is 8.07. The first-order chi connectivity index (χ1) is 13.3. The van der Waals surface area contributed by atoms with Crippen LogP contribution in [0.1, 0.15) is 12.5 Å². The number of aromatic nitrogens is 4. The molecule has 1 aromatic heterocycles. The SMILES string of the molecule is CCc1ccc(-c2nnn(CC(=O)Nc3ccc(OC(F)(F)F)cc3)n2)cc1. The molecule has 0 spiro atoms. The van der Waals surface area contributed by atoms with Crippen LogP contribution in [0.2, 0.25) is 0 Å². The number of hydrogen-bond donors (Lipinski definition) is 1. The number of halogens is 3. The molecule has 2 aromatic carbocycles. The molecule has 0 atom stereocenters. The molecule has 1 amide bonds. The van der Waals surface area contributed by atoms with Crippen LogP contribution in [0.3, 0.4) is 0 Å². The van der Waals surface area contributed by atoms with Crippen LogP contribution in [0.5, 0.6) is 5.75 Å². The van der Waals surface area contributed by atoms with E-state index < -0.39 is 12.3 Å². The first kappa shape index (κ1) is 19.3. The second-order valence-electron chi connectivity index (χ2n) is 5.81. The third kappa shape index (κ3) is 5.29. The van der Waals surface area contributed by atoms with Crippen LogP contribution in [0.15, 0.2) is 48.5 Å². The molecule has 0 fully saturated rings. The van der Waals surface area contributed by atoms with E-state index in [4.69, 9.17) is 0 Å². The first-order valence-corrected chi connectivity index (χ1v) is 8.35. The Morgan fingerprint density at radius 2 is 1.79 bits per heavy atom. The summed E-state index contributed by atoms with van der Waals surface area (Å²) in [5.41, 5.74) is 2.28. The third-order valence-corrected chi connectivity index (χ3v) is 3.73. The molecular weight excluding hydrogens is 375 g/mol. The summed E-state index contributed by atoms with van der Waals surface area (Å²) in [7, 11) is 0. The van der Waals surface area contributed by atoms with Gasteiger partial charge in [0, 0.05) is 11.3 Å². The average Bonchev–Trinajstić information content (AvgIpc) is 3.10. The highest BCUT2D eigenvalue weighted by Gasteiger charge is 2.30. The molecule has 10 heteroatoms. The fraction of sp³-hybridized carbons (Fsp3) is 0.222. The Hall–Kier alpha value is -3.43. The summed E-state index contributed by atoms with van der Waals surface area (Å²) in [6, 6.07) is 12.5. The number of carbonyl (C=O) groups is 1. The standard InChI is InChI=1S/C18H16F3N5O2/c1-2-12-3-5-13(6-4-12)17-23-25-26(24-17)11-16(27)22-14-7-9-15(10-8-14)28-18(19,20)21/h3-10H,2,11H2,1H3,(H,22,27). The zero-order valence-corrected chi connectivity index (χ0v) is 14.8. The van der Waals surface area contributed by atoms with E-state index in [2.05, 4.69) is 32.4 Å². The minimum atomic E-state index is -4.77. The highest BCUT2D eigenvalue weighted by molar-refractivity contribution is 5.90. The van der Waals surface area contributed by atoms with Gasteiger partial charge in [0.25, 0.3) is 0 Å². The quantitative estimate of drug-likeness (QED) is 0.696. The van der Waals surface area contributed by atoms with Gasteiger partial charge in [-0.1, -0.05) is 31.2 Å². The number of alkyl halides is 3. The van der Waals surface area contributed by atoms with Crippen molar-refractivity contribution in [1.82, 2.24) is 20.2 Å². The number of ether oxygens (including phenoxy) is 1. The number of rotatable bonds is 6. The van der Waals surface area contributed by atoms with Gasteiger partial charge >= 0.3 is 6.36 Å². The van der Waals surface area contributed by atoms with Gasteiger partial charge in [-0.15, -0.1) is 23.4 Å². The topological polar surface area (TPSA) is 81.9 Å². The monoisotopic (exact) mass is 391 g/mol. The normalized spacial score (nSPS) is 11.3. The molecule has 0 aliphatic rings. The molecule has 0 aliphatic carbocycles. The average molecular weight is 391 g/mol. The molecule has 0 radical (unpaired) electrons. The Morgan fingerprint density at radius 3 is 2.39 bits per heavy atom. The van der Waals surface area contributed by atoms with Crippen LogP contribution in [0, 0.1) is 0 Å². The minimum absolute atomic E-state index is 0.194. The molecule has 0 unspecified atom stereocenters. The summed E-state index contributed by atoms with van der Waals surface area (Å²) in [6.45, 7) is 1.86. The highest BCUT2D eigenvalue weighted by atomic mass is 19.4. The van der Waals surface area contributed by atoms with Gasteiger partial charge in [0.05, 0.1) is 0 Å². The highest BCUT2D eigenvalue weighted by Crippen LogP contribution is 2.24. The Bertz CT molecular complexity index is 937. The number of benzene rings is 2. The number of hydrogen-bond acceptors (Lipinski definition) is 5. The van der Waals surface area contributed by atoms with Crippen molar-refractivity contribution in [2.24, 2.45) is 0 Å². The Labute approximate surface area is 158 Å². The number of tetrazole rings is 1. The van der Waals surface area contributed by atoms with Crippen molar-refractivity contribution in [2.45, 2.75) is 26.3 Å². The number of anilines is 1. The molecule has 0 bridgehead atoms. The Morgan fingerprint density at radius 1 is 1.11 bits per heavy atom. The van der Waals surface area contributed by atoms with Gasteiger partial charge in [-0.3, -0.25) is 4.79 Å². The van der Waals surface area contributed by atoms with Crippen LogP contribution in [0.4, 0.5) is 18.9 Å². The van der Waals surface area contributed by atoms with E-state index in [0.29, 0.717) is 11.5 Å². The van der Waals surface area contributed by atoms with E-state index in [1.54, 1.807) is 0 Å². The Balaban J connectivity index is 1.58. The van der Waals surface area contributed by atoms with Crippen molar-refractivity contribution in [3.8, 4) is 17.1 Å². The van der Waals surface area contributed by atoms with Gasteiger partial charge in [-0.05, 0) is 41.5 Å². The smallest absolute Gasteiger partial charge is 0.406 e. The summed E-state index contributed by atoms with van der Waals surface area (Å²) in [5, 5.41) is 14.5. The molecule has 0 saturated carbocycles. The van der Waals surface area contributed by atoms with Crippen LogP contribution >= 0.6 is 0 Å². The summed E-state index contributed by atoms with van der Waals surface area (Å²) in [4.78, 5) is 13.2. The van der Waals surface area contributed by atoms with E-state index in [1.807, 2.05) is 24.3 Å². The van der Waals surface area contributed by atoms with E-state index in [-0.39, 0.29) is 12.3 Å². The van der Waals surface area contributed by atoms with Gasteiger partial charge < -0.3 is 10.1 Å². The van der Waals surface area contributed by atoms with Gasteiger partial charge in [0.15, 0.2) is 0 Å². The summed E-state index contributed by atoms with van der Waals surface area (Å²) in [5.74, 6) is -0.430. The lowest BCUT2D eigenvalue weighted by Gasteiger charge is -2.09. The molecular formula is C18H16F3N5O2. The summed E-state index contributed by atoms with van der Waals surface area (Å²) >= 11 is 0. The molecule has 0 aliphatic heterocycles. The number of aryl methyl sites for hydroxylation is 1. The van der Waals surface area contributed by atoms with Crippen LogP contribution in [-0.4, -0.2) is 32.5 Å². The van der Waals surface area contributed by atoms with Crippen LogP contribution in [0.25, 0.3) is 11.4 Å². The van der Waals surface area contributed by atoms with Gasteiger partial charge in [0.1, 0.15) is 12.3 Å². The number of nitrogens with one attached hydrogen (secondary N) is 1.